The van der Waals surface area contributed by atoms with Crippen LogP contribution in [0.25, 0.3) is 0 Å². The molecule has 3 rings (SSSR count). The molecular weight excluding hydrogens is 557 g/mol. The van der Waals surface area contributed by atoms with Gasteiger partial charge in [0.25, 0.3) is 10.0 Å². The summed E-state index contributed by atoms with van der Waals surface area (Å²) in [6, 6.07) is 18.7. The van der Waals surface area contributed by atoms with Crippen molar-refractivity contribution >= 4 is 50.7 Å². The van der Waals surface area contributed by atoms with E-state index in [1.165, 1.54) is 29.2 Å². The molecule has 0 saturated heterocycles. The number of amides is 2. The smallest absolute Gasteiger partial charge is 0.264 e. The molecule has 7 nitrogen and oxygen atoms in total. The number of carbonyl (C=O) groups is 2. The van der Waals surface area contributed by atoms with Gasteiger partial charge in [-0.05, 0) is 80.8 Å². The molecule has 208 valence electrons. The third-order valence-electron chi connectivity index (χ3n) is 6.09. The Hall–Kier alpha value is -3.07. The quantitative estimate of drug-likeness (QED) is 0.305. The topological polar surface area (TPSA) is 86.8 Å². The summed E-state index contributed by atoms with van der Waals surface area (Å²) in [6.07, 6.45) is 0.323. The molecule has 0 saturated carbocycles. The van der Waals surface area contributed by atoms with Crippen molar-refractivity contribution in [3.63, 3.8) is 0 Å². The molecule has 0 fully saturated rings. The fourth-order valence-corrected chi connectivity index (χ4v) is 5.88. The van der Waals surface area contributed by atoms with Crippen LogP contribution >= 0.6 is 23.2 Å². The number of nitrogens with zero attached hydrogens (tertiary/aromatic N) is 2. The van der Waals surface area contributed by atoms with Crippen LogP contribution in [0.1, 0.15) is 38.3 Å². The second-order valence-corrected chi connectivity index (χ2v) is 12.2. The van der Waals surface area contributed by atoms with E-state index in [2.05, 4.69) is 5.32 Å². The van der Waals surface area contributed by atoms with Gasteiger partial charge in [-0.2, -0.15) is 0 Å². The molecule has 1 atom stereocenters. The molecule has 0 radical (unpaired) electrons. The van der Waals surface area contributed by atoms with Crippen molar-refractivity contribution in [2.75, 3.05) is 10.8 Å². The predicted octanol–water partition coefficient (Wildman–Crippen LogP) is 5.83. The molecule has 10 heteroatoms. The Bertz CT molecular complexity index is 1410. The van der Waals surface area contributed by atoms with Crippen LogP contribution in [0.4, 0.5) is 5.69 Å². The average Bonchev–Trinajstić information content (AvgIpc) is 2.87. The summed E-state index contributed by atoms with van der Waals surface area (Å²) in [5.41, 5.74) is 1.80. The highest BCUT2D eigenvalue weighted by atomic mass is 35.5. The Labute approximate surface area is 240 Å². The largest absolute Gasteiger partial charge is 0.352 e. The van der Waals surface area contributed by atoms with E-state index in [9.17, 15) is 18.0 Å². The first-order valence-electron chi connectivity index (χ1n) is 12.6. The minimum absolute atomic E-state index is 0.0107. The van der Waals surface area contributed by atoms with E-state index in [1.807, 2.05) is 26.8 Å². The zero-order valence-corrected chi connectivity index (χ0v) is 24.7. The third-order valence-corrected chi connectivity index (χ3v) is 8.49. The Balaban J connectivity index is 2.08. The summed E-state index contributed by atoms with van der Waals surface area (Å²) >= 11 is 12.4. The lowest BCUT2D eigenvalue weighted by Gasteiger charge is -2.33. The molecule has 0 aliphatic heterocycles. The molecule has 1 N–H and O–H groups in total. The van der Waals surface area contributed by atoms with Crippen molar-refractivity contribution in [1.29, 1.82) is 0 Å². The molecular formula is C29H33Cl2N3O4S. The number of sulfonamides is 1. The molecule has 3 aromatic rings. The molecule has 39 heavy (non-hydrogen) atoms. The maximum absolute atomic E-state index is 14.0. The minimum atomic E-state index is -4.17. The summed E-state index contributed by atoms with van der Waals surface area (Å²) in [5, 5.41) is 3.71. The summed E-state index contributed by atoms with van der Waals surface area (Å²) in [4.78, 5) is 28.6. The molecule has 0 aromatic heterocycles. The van der Waals surface area contributed by atoms with Gasteiger partial charge in [0.05, 0.1) is 10.6 Å². The zero-order chi connectivity index (χ0) is 28.7. The number of nitrogens with one attached hydrogen (secondary N) is 1. The second kappa shape index (κ2) is 13.3. The van der Waals surface area contributed by atoms with Crippen LogP contribution in [0.2, 0.25) is 10.0 Å². The molecule has 0 spiro atoms. The number of benzene rings is 3. The van der Waals surface area contributed by atoms with Crippen LogP contribution < -0.4 is 9.62 Å². The van der Waals surface area contributed by atoms with Crippen molar-refractivity contribution in [1.82, 2.24) is 10.2 Å². The number of carbonyl (C=O) groups excluding carboxylic acids is 2. The van der Waals surface area contributed by atoms with Crippen molar-refractivity contribution in [3.05, 3.63) is 94.0 Å². The Morgan fingerprint density at radius 2 is 1.62 bits per heavy atom. The van der Waals surface area contributed by atoms with Crippen LogP contribution in [0, 0.1) is 6.92 Å². The summed E-state index contributed by atoms with van der Waals surface area (Å²) in [7, 11) is -4.17. The van der Waals surface area contributed by atoms with E-state index in [-0.39, 0.29) is 23.4 Å². The molecule has 0 unspecified atom stereocenters. The van der Waals surface area contributed by atoms with Gasteiger partial charge in [0.15, 0.2) is 0 Å². The van der Waals surface area contributed by atoms with Gasteiger partial charge < -0.3 is 10.2 Å². The van der Waals surface area contributed by atoms with E-state index in [4.69, 9.17) is 23.2 Å². The van der Waals surface area contributed by atoms with Crippen LogP contribution in [0.3, 0.4) is 0 Å². The highest BCUT2D eigenvalue weighted by Crippen LogP contribution is 2.27. The lowest BCUT2D eigenvalue weighted by Crippen LogP contribution is -2.53. The number of halogens is 2. The summed E-state index contributed by atoms with van der Waals surface area (Å²) in [5.74, 6) is -0.865. The molecule has 0 bridgehead atoms. The van der Waals surface area contributed by atoms with E-state index in [0.717, 1.165) is 9.87 Å². The first-order valence-corrected chi connectivity index (χ1v) is 14.8. The first kappa shape index (κ1) is 30.5. The van der Waals surface area contributed by atoms with Gasteiger partial charge in [-0.3, -0.25) is 13.9 Å². The maximum Gasteiger partial charge on any atom is 0.264 e. The fraction of sp³-hybridized carbons (Fsp3) is 0.310. The highest BCUT2D eigenvalue weighted by molar-refractivity contribution is 7.92. The van der Waals surface area contributed by atoms with Crippen LogP contribution in [-0.4, -0.2) is 43.8 Å². The maximum atomic E-state index is 14.0. The lowest BCUT2D eigenvalue weighted by molar-refractivity contribution is -0.140. The van der Waals surface area contributed by atoms with Crippen molar-refractivity contribution in [2.45, 2.75) is 57.6 Å². The van der Waals surface area contributed by atoms with Gasteiger partial charge in [-0.15, -0.1) is 0 Å². The molecule has 3 aromatic carbocycles. The van der Waals surface area contributed by atoms with Gasteiger partial charge in [-0.1, -0.05) is 60.5 Å². The number of rotatable bonds is 11. The highest BCUT2D eigenvalue weighted by Gasteiger charge is 2.34. The zero-order valence-electron chi connectivity index (χ0n) is 22.4. The van der Waals surface area contributed by atoms with Gasteiger partial charge in [0, 0.05) is 22.6 Å². The Morgan fingerprint density at radius 1 is 0.949 bits per heavy atom. The monoisotopic (exact) mass is 589 g/mol. The molecule has 2 amide bonds. The second-order valence-electron chi connectivity index (χ2n) is 9.50. The van der Waals surface area contributed by atoms with Crippen LogP contribution in [-0.2, 0) is 26.2 Å². The van der Waals surface area contributed by atoms with Crippen LogP contribution in [0.15, 0.2) is 77.7 Å². The van der Waals surface area contributed by atoms with E-state index < -0.39 is 28.5 Å². The molecule has 0 aliphatic carbocycles. The fourth-order valence-electron chi connectivity index (χ4n) is 4.16. The third kappa shape index (κ3) is 7.75. The van der Waals surface area contributed by atoms with E-state index >= 15 is 0 Å². The molecule has 0 heterocycles. The number of anilines is 1. The Kier molecular flexibility index (Phi) is 10.4. The summed E-state index contributed by atoms with van der Waals surface area (Å²) < 4.78 is 28.8. The van der Waals surface area contributed by atoms with Crippen LogP contribution in [0.5, 0.6) is 0 Å². The van der Waals surface area contributed by atoms with E-state index in [0.29, 0.717) is 27.7 Å². The number of aryl methyl sites for hydroxylation is 1. The first-order chi connectivity index (χ1) is 18.4. The normalized spacial score (nSPS) is 12.2. The van der Waals surface area contributed by atoms with Gasteiger partial charge in [0.1, 0.15) is 12.6 Å². The predicted molar refractivity (Wildman–Crippen MR) is 157 cm³/mol. The number of hydrogen-bond acceptors (Lipinski definition) is 4. The van der Waals surface area contributed by atoms with Gasteiger partial charge in [0.2, 0.25) is 11.8 Å². The Morgan fingerprint density at radius 3 is 2.21 bits per heavy atom. The average molecular weight is 591 g/mol. The number of hydrogen-bond donors (Lipinski definition) is 1. The summed E-state index contributed by atoms with van der Waals surface area (Å²) in [6.45, 7) is 6.83. The SMILES string of the molecule is CC[C@@H](C(=O)NC(C)C)N(Cc1ccccc1Cl)C(=O)CN(c1cccc(C)c1)S(=O)(=O)c1ccc(Cl)cc1. The minimum Gasteiger partial charge on any atom is -0.352 e. The van der Waals surface area contributed by atoms with Gasteiger partial charge in [-0.25, -0.2) is 8.42 Å². The standard InChI is InChI=1S/C29H33Cl2N3O4S/c1-5-27(29(36)32-20(2)3)33(18-22-10-6-7-12-26(22)31)28(35)19-34(24-11-8-9-21(4)17-24)39(37,38)25-15-13-23(30)14-16-25/h6-17,20,27H,5,18-19H2,1-4H3,(H,32,36)/t27-/m0/s1. The van der Waals surface area contributed by atoms with Crippen molar-refractivity contribution < 1.29 is 18.0 Å². The van der Waals surface area contributed by atoms with Crippen molar-refractivity contribution in [3.8, 4) is 0 Å². The van der Waals surface area contributed by atoms with Crippen molar-refractivity contribution in [2.24, 2.45) is 0 Å². The lowest BCUT2D eigenvalue weighted by atomic mass is 10.1. The van der Waals surface area contributed by atoms with Gasteiger partial charge >= 0.3 is 0 Å². The molecule has 0 aliphatic rings. The van der Waals surface area contributed by atoms with E-state index in [1.54, 1.807) is 49.4 Å².